The Balaban J connectivity index is 2.18. The van der Waals surface area contributed by atoms with Crippen molar-refractivity contribution in [2.24, 2.45) is 0 Å². The van der Waals surface area contributed by atoms with Crippen molar-refractivity contribution in [1.29, 1.82) is 0 Å². The number of rotatable bonds is 2. The predicted octanol–water partition coefficient (Wildman–Crippen LogP) is 3.24. The maximum absolute atomic E-state index is 2.38. The number of allylic oxidation sites excluding steroid dienone is 2. The highest BCUT2D eigenvalue weighted by Gasteiger charge is 2.16. The Bertz CT molecular complexity index is 117. The Hall–Kier alpha value is -0.195. The lowest BCUT2D eigenvalue weighted by Crippen LogP contribution is -2.02. The quantitative estimate of drug-likeness (QED) is 0.403. The fourth-order valence-electron chi connectivity index (χ4n) is 1.65. The van der Waals surface area contributed by atoms with Crippen molar-refractivity contribution in [3.05, 3.63) is 11.6 Å². The van der Waals surface area contributed by atoms with Gasteiger partial charge in [-0.05, 0) is 13.8 Å². The van der Waals surface area contributed by atoms with E-state index < -0.39 is 0 Å². The molecular formula is C9H17B. The molecule has 0 aromatic rings. The molecule has 0 aromatic heterocycles. The SMILES string of the molecule is CC(C)=CCB1CCCC1. The van der Waals surface area contributed by atoms with Gasteiger partial charge in [-0.25, -0.2) is 0 Å². The van der Waals surface area contributed by atoms with Gasteiger partial charge in [0.15, 0.2) is 0 Å². The first-order chi connectivity index (χ1) is 4.79. The average Bonchev–Trinajstić information content (AvgIpc) is 2.34. The van der Waals surface area contributed by atoms with E-state index in [4.69, 9.17) is 0 Å². The summed E-state index contributed by atoms with van der Waals surface area (Å²) >= 11 is 0. The van der Waals surface area contributed by atoms with Gasteiger partial charge in [-0.3, -0.25) is 0 Å². The first-order valence-electron chi connectivity index (χ1n) is 4.42. The second kappa shape index (κ2) is 3.85. The molecule has 1 rings (SSSR count). The second-order valence-electron chi connectivity index (χ2n) is 3.67. The molecule has 1 aliphatic rings. The minimum absolute atomic E-state index is 1.02. The molecule has 0 radical (unpaired) electrons. The highest BCUT2D eigenvalue weighted by Crippen LogP contribution is 2.22. The standard InChI is InChI=1S/C9H17B/c1-9(2)5-8-10-6-3-4-7-10/h5H,3-4,6-8H2,1-2H3. The van der Waals surface area contributed by atoms with E-state index in [2.05, 4.69) is 19.9 Å². The van der Waals surface area contributed by atoms with Crippen molar-refractivity contribution in [3.8, 4) is 0 Å². The van der Waals surface area contributed by atoms with Crippen molar-refractivity contribution < 1.29 is 0 Å². The van der Waals surface area contributed by atoms with Crippen LogP contribution in [0.2, 0.25) is 19.0 Å². The van der Waals surface area contributed by atoms with E-state index >= 15 is 0 Å². The Morgan fingerprint density at radius 2 is 1.90 bits per heavy atom. The monoisotopic (exact) mass is 136 g/mol. The fourth-order valence-corrected chi connectivity index (χ4v) is 1.65. The molecule has 0 nitrogen and oxygen atoms in total. The van der Waals surface area contributed by atoms with Crippen molar-refractivity contribution in [2.45, 2.75) is 45.6 Å². The summed E-state index contributed by atoms with van der Waals surface area (Å²) in [6.45, 7) is 5.40. The molecule has 0 bridgehead atoms. The lowest BCUT2D eigenvalue weighted by atomic mass is 9.46. The van der Waals surface area contributed by atoms with Crippen molar-refractivity contribution >= 4 is 6.71 Å². The van der Waals surface area contributed by atoms with E-state index in [9.17, 15) is 0 Å². The summed E-state index contributed by atoms with van der Waals surface area (Å²) in [4.78, 5) is 0. The first-order valence-corrected chi connectivity index (χ1v) is 4.42. The Morgan fingerprint density at radius 1 is 1.30 bits per heavy atom. The van der Waals surface area contributed by atoms with Gasteiger partial charge in [0.1, 0.15) is 6.71 Å². The van der Waals surface area contributed by atoms with Crippen LogP contribution < -0.4 is 0 Å². The normalized spacial score (nSPS) is 17.6. The summed E-state index contributed by atoms with van der Waals surface area (Å²) < 4.78 is 0. The Morgan fingerprint density at radius 3 is 2.40 bits per heavy atom. The van der Waals surface area contributed by atoms with Gasteiger partial charge in [-0.15, -0.1) is 0 Å². The van der Waals surface area contributed by atoms with Crippen LogP contribution in [0.3, 0.4) is 0 Å². The first kappa shape index (κ1) is 7.91. The predicted molar refractivity (Wildman–Crippen MR) is 48.8 cm³/mol. The molecule has 0 aliphatic carbocycles. The number of hydrogen-bond acceptors (Lipinski definition) is 0. The highest BCUT2D eigenvalue weighted by molar-refractivity contribution is 6.60. The topological polar surface area (TPSA) is 0 Å². The zero-order valence-corrected chi connectivity index (χ0v) is 7.19. The third-order valence-electron chi connectivity index (χ3n) is 2.33. The van der Waals surface area contributed by atoms with Gasteiger partial charge >= 0.3 is 0 Å². The molecule has 0 saturated carbocycles. The van der Waals surface area contributed by atoms with Crippen LogP contribution in [-0.4, -0.2) is 6.71 Å². The average molecular weight is 136 g/mol. The highest BCUT2D eigenvalue weighted by atomic mass is 14.0. The largest absolute Gasteiger partial charge is 0.143 e. The summed E-state index contributed by atoms with van der Waals surface area (Å²) in [5.41, 5.74) is 1.48. The van der Waals surface area contributed by atoms with Crippen molar-refractivity contribution in [1.82, 2.24) is 0 Å². The molecule has 1 aliphatic heterocycles. The molecule has 0 N–H and O–H groups in total. The molecule has 10 heavy (non-hydrogen) atoms. The fraction of sp³-hybridized carbons (Fsp3) is 0.778. The second-order valence-corrected chi connectivity index (χ2v) is 3.67. The van der Waals surface area contributed by atoms with Crippen LogP contribution in [0.15, 0.2) is 11.6 Å². The zero-order chi connectivity index (χ0) is 7.40. The van der Waals surface area contributed by atoms with Gasteiger partial charge in [-0.1, -0.05) is 43.5 Å². The van der Waals surface area contributed by atoms with E-state index in [0.717, 1.165) is 6.71 Å². The van der Waals surface area contributed by atoms with E-state index in [0.29, 0.717) is 0 Å². The Labute approximate surface area is 64.8 Å². The molecule has 56 valence electrons. The molecule has 0 spiro atoms. The Kier molecular flexibility index (Phi) is 3.04. The van der Waals surface area contributed by atoms with Gasteiger partial charge in [0.25, 0.3) is 0 Å². The van der Waals surface area contributed by atoms with Gasteiger partial charge in [-0.2, -0.15) is 0 Å². The molecule has 0 amide bonds. The molecule has 0 aromatic carbocycles. The molecule has 1 fully saturated rings. The summed E-state index contributed by atoms with van der Waals surface area (Å²) in [6, 6.07) is 0. The summed E-state index contributed by atoms with van der Waals surface area (Å²) in [6.07, 6.45) is 9.62. The van der Waals surface area contributed by atoms with Crippen LogP contribution in [-0.2, 0) is 0 Å². The number of hydrogen-bond donors (Lipinski definition) is 0. The maximum Gasteiger partial charge on any atom is 0.143 e. The molecule has 0 unspecified atom stereocenters. The van der Waals surface area contributed by atoms with E-state index in [-0.39, 0.29) is 0 Å². The third kappa shape index (κ3) is 2.59. The minimum Gasteiger partial charge on any atom is -0.0931 e. The summed E-state index contributed by atoms with van der Waals surface area (Å²) in [5, 5.41) is 0. The molecule has 1 heteroatoms. The molecular weight excluding hydrogens is 119 g/mol. The molecule has 1 heterocycles. The zero-order valence-electron chi connectivity index (χ0n) is 7.19. The van der Waals surface area contributed by atoms with E-state index in [1.165, 1.54) is 37.4 Å². The van der Waals surface area contributed by atoms with Crippen molar-refractivity contribution in [2.75, 3.05) is 0 Å². The minimum atomic E-state index is 1.02. The van der Waals surface area contributed by atoms with E-state index in [1.807, 2.05) is 0 Å². The van der Waals surface area contributed by atoms with Gasteiger partial charge in [0.2, 0.25) is 0 Å². The van der Waals surface area contributed by atoms with Crippen LogP contribution in [0.25, 0.3) is 0 Å². The summed E-state index contributed by atoms with van der Waals surface area (Å²) in [7, 11) is 0. The smallest absolute Gasteiger partial charge is 0.0931 e. The van der Waals surface area contributed by atoms with Crippen LogP contribution in [0.1, 0.15) is 26.7 Å². The van der Waals surface area contributed by atoms with Crippen LogP contribution in [0, 0.1) is 0 Å². The third-order valence-corrected chi connectivity index (χ3v) is 2.33. The van der Waals surface area contributed by atoms with Gasteiger partial charge in [0, 0.05) is 0 Å². The lowest BCUT2D eigenvalue weighted by molar-refractivity contribution is 0.935. The summed E-state index contributed by atoms with van der Waals surface area (Å²) in [5.74, 6) is 0. The maximum atomic E-state index is 2.38. The van der Waals surface area contributed by atoms with E-state index in [1.54, 1.807) is 0 Å². The molecule has 0 atom stereocenters. The van der Waals surface area contributed by atoms with Gasteiger partial charge in [0.05, 0.1) is 0 Å². The van der Waals surface area contributed by atoms with Gasteiger partial charge < -0.3 is 0 Å². The van der Waals surface area contributed by atoms with Crippen LogP contribution >= 0.6 is 0 Å². The van der Waals surface area contributed by atoms with Crippen molar-refractivity contribution in [3.63, 3.8) is 0 Å². The molecule has 1 saturated heterocycles. The van der Waals surface area contributed by atoms with Crippen LogP contribution in [0.5, 0.6) is 0 Å². The van der Waals surface area contributed by atoms with Crippen LogP contribution in [0.4, 0.5) is 0 Å². The lowest BCUT2D eigenvalue weighted by Gasteiger charge is -1.98.